The standard InChI is InChI=1S/C17H33N3O2S/c1-14-6-5-7-15(12-14)8-9-19-16(18-4)20-10-11-23(21,22)17(2,3)13-20/h14-15H,5-13H2,1-4H3,(H,18,19). The zero-order chi connectivity index (χ0) is 17.1. The second-order valence-electron chi connectivity index (χ2n) is 7.90. The molecule has 0 radical (unpaired) electrons. The van der Waals surface area contributed by atoms with Crippen LogP contribution in [-0.2, 0) is 9.84 Å². The Kier molecular flexibility index (Phi) is 5.98. The molecule has 1 aliphatic heterocycles. The van der Waals surface area contributed by atoms with Crippen LogP contribution in [0.1, 0.15) is 52.9 Å². The molecule has 23 heavy (non-hydrogen) atoms. The van der Waals surface area contributed by atoms with E-state index in [1.54, 1.807) is 7.05 Å². The van der Waals surface area contributed by atoms with Crippen LogP contribution in [0.25, 0.3) is 0 Å². The second kappa shape index (κ2) is 7.41. The number of guanidine groups is 1. The normalized spacial score (nSPS) is 31.0. The summed E-state index contributed by atoms with van der Waals surface area (Å²) in [6.07, 6.45) is 6.61. The molecule has 1 N–H and O–H groups in total. The first kappa shape index (κ1) is 18.6. The minimum absolute atomic E-state index is 0.209. The summed E-state index contributed by atoms with van der Waals surface area (Å²) in [6, 6.07) is 0. The van der Waals surface area contributed by atoms with Crippen LogP contribution in [0.4, 0.5) is 0 Å². The maximum Gasteiger partial charge on any atom is 0.193 e. The number of sulfone groups is 1. The highest BCUT2D eigenvalue weighted by atomic mass is 32.2. The summed E-state index contributed by atoms with van der Waals surface area (Å²) in [6.45, 7) is 7.94. The number of aliphatic imine (C=N–C) groups is 1. The topological polar surface area (TPSA) is 61.8 Å². The zero-order valence-electron chi connectivity index (χ0n) is 15.1. The summed E-state index contributed by atoms with van der Waals surface area (Å²) >= 11 is 0. The Balaban J connectivity index is 1.84. The molecule has 2 fully saturated rings. The smallest absolute Gasteiger partial charge is 0.193 e. The molecule has 0 aromatic carbocycles. The molecule has 6 heteroatoms. The lowest BCUT2D eigenvalue weighted by molar-refractivity contribution is 0.269. The van der Waals surface area contributed by atoms with Gasteiger partial charge in [-0.05, 0) is 38.5 Å². The Morgan fingerprint density at radius 1 is 1.35 bits per heavy atom. The van der Waals surface area contributed by atoms with E-state index in [0.29, 0.717) is 13.1 Å². The molecular weight excluding hydrogens is 310 g/mol. The van der Waals surface area contributed by atoms with Crippen molar-refractivity contribution >= 4 is 15.8 Å². The van der Waals surface area contributed by atoms with Crippen molar-refractivity contribution in [3.8, 4) is 0 Å². The van der Waals surface area contributed by atoms with E-state index in [1.165, 1.54) is 32.1 Å². The summed E-state index contributed by atoms with van der Waals surface area (Å²) in [5, 5.41) is 3.45. The molecule has 2 atom stereocenters. The zero-order valence-corrected chi connectivity index (χ0v) is 16.0. The Morgan fingerprint density at radius 3 is 2.70 bits per heavy atom. The van der Waals surface area contributed by atoms with Crippen LogP contribution in [-0.4, -0.2) is 56.5 Å². The van der Waals surface area contributed by atoms with Crippen molar-refractivity contribution in [1.82, 2.24) is 10.2 Å². The van der Waals surface area contributed by atoms with E-state index in [1.807, 2.05) is 13.8 Å². The predicted octanol–water partition coefficient (Wildman–Crippen LogP) is 2.29. The molecule has 5 nitrogen and oxygen atoms in total. The van der Waals surface area contributed by atoms with E-state index >= 15 is 0 Å². The average Bonchev–Trinajstić information content (AvgIpc) is 2.47. The first-order chi connectivity index (χ1) is 10.7. The van der Waals surface area contributed by atoms with Crippen LogP contribution < -0.4 is 5.32 Å². The van der Waals surface area contributed by atoms with Gasteiger partial charge in [0.25, 0.3) is 0 Å². The number of hydrogen-bond acceptors (Lipinski definition) is 3. The third-order valence-corrected chi connectivity index (χ3v) is 7.97. The molecule has 1 saturated carbocycles. The van der Waals surface area contributed by atoms with Gasteiger partial charge in [0.05, 0.1) is 10.5 Å². The maximum atomic E-state index is 12.1. The quantitative estimate of drug-likeness (QED) is 0.631. The summed E-state index contributed by atoms with van der Waals surface area (Å²) in [7, 11) is -1.22. The first-order valence-electron chi connectivity index (χ1n) is 8.93. The highest BCUT2D eigenvalue weighted by Gasteiger charge is 2.40. The van der Waals surface area contributed by atoms with E-state index in [0.717, 1.165) is 24.3 Å². The van der Waals surface area contributed by atoms with Crippen molar-refractivity contribution in [3.63, 3.8) is 0 Å². The molecule has 0 bridgehead atoms. The van der Waals surface area contributed by atoms with Gasteiger partial charge >= 0.3 is 0 Å². The second-order valence-corrected chi connectivity index (χ2v) is 10.6. The number of hydrogen-bond donors (Lipinski definition) is 1. The summed E-state index contributed by atoms with van der Waals surface area (Å²) in [4.78, 5) is 6.45. The van der Waals surface area contributed by atoms with E-state index in [-0.39, 0.29) is 5.75 Å². The Morgan fingerprint density at radius 2 is 2.09 bits per heavy atom. The number of nitrogens with zero attached hydrogens (tertiary/aromatic N) is 2. The Labute approximate surface area is 141 Å². The third-order valence-electron chi connectivity index (χ3n) is 5.44. The van der Waals surface area contributed by atoms with Gasteiger partial charge in [-0.25, -0.2) is 8.42 Å². The highest BCUT2D eigenvalue weighted by molar-refractivity contribution is 7.92. The molecule has 2 aliphatic rings. The van der Waals surface area contributed by atoms with Crippen molar-refractivity contribution in [3.05, 3.63) is 0 Å². The molecular formula is C17H33N3O2S. The lowest BCUT2D eigenvalue weighted by Crippen LogP contribution is -2.57. The lowest BCUT2D eigenvalue weighted by atomic mass is 9.81. The van der Waals surface area contributed by atoms with Crippen LogP contribution in [0.2, 0.25) is 0 Å². The first-order valence-corrected chi connectivity index (χ1v) is 10.6. The third kappa shape index (κ3) is 4.61. The van der Waals surface area contributed by atoms with Gasteiger partial charge in [-0.1, -0.05) is 26.2 Å². The van der Waals surface area contributed by atoms with Crippen molar-refractivity contribution < 1.29 is 8.42 Å². The van der Waals surface area contributed by atoms with Gasteiger partial charge < -0.3 is 10.2 Å². The van der Waals surface area contributed by atoms with Gasteiger partial charge in [0.15, 0.2) is 15.8 Å². The van der Waals surface area contributed by atoms with E-state index < -0.39 is 14.6 Å². The predicted molar refractivity (Wildman–Crippen MR) is 96.5 cm³/mol. The Hall–Kier alpha value is -0.780. The van der Waals surface area contributed by atoms with E-state index in [4.69, 9.17) is 0 Å². The van der Waals surface area contributed by atoms with Crippen LogP contribution in [0.15, 0.2) is 4.99 Å². The fourth-order valence-corrected chi connectivity index (χ4v) is 5.23. The molecule has 0 aromatic heterocycles. The summed E-state index contributed by atoms with van der Waals surface area (Å²) in [5.41, 5.74) is 0. The minimum atomic E-state index is -3.00. The van der Waals surface area contributed by atoms with Crippen LogP contribution >= 0.6 is 0 Å². The molecule has 0 amide bonds. The van der Waals surface area contributed by atoms with Crippen molar-refractivity contribution in [2.45, 2.75) is 57.6 Å². The Bertz CT molecular complexity index is 528. The summed E-state index contributed by atoms with van der Waals surface area (Å²) in [5.74, 6) is 2.74. The monoisotopic (exact) mass is 343 g/mol. The molecule has 134 valence electrons. The van der Waals surface area contributed by atoms with Crippen LogP contribution in [0.5, 0.6) is 0 Å². The van der Waals surface area contributed by atoms with Gasteiger partial charge in [0.2, 0.25) is 0 Å². The van der Waals surface area contributed by atoms with Crippen LogP contribution in [0, 0.1) is 11.8 Å². The minimum Gasteiger partial charge on any atom is -0.356 e. The van der Waals surface area contributed by atoms with Gasteiger partial charge in [-0.15, -0.1) is 0 Å². The summed E-state index contributed by atoms with van der Waals surface area (Å²) < 4.78 is 23.5. The van der Waals surface area contributed by atoms with Crippen molar-refractivity contribution in [1.29, 1.82) is 0 Å². The average molecular weight is 344 g/mol. The van der Waals surface area contributed by atoms with Gasteiger partial charge in [-0.2, -0.15) is 0 Å². The molecule has 0 spiro atoms. The maximum absolute atomic E-state index is 12.1. The van der Waals surface area contributed by atoms with Crippen molar-refractivity contribution in [2.75, 3.05) is 32.4 Å². The van der Waals surface area contributed by atoms with Gasteiger partial charge in [0, 0.05) is 26.7 Å². The molecule has 1 saturated heterocycles. The lowest BCUT2D eigenvalue weighted by Gasteiger charge is -2.39. The molecule has 2 unspecified atom stereocenters. The van der Waals surface area contributed by atoms with Gasteiger partial charge in [0.1, 0.15) is 0 Å². The van der Waals surface area contributed by atoms with Crippen molar-refractivity contribution in [2.24, 2.45) is 16.8 Å². The fourth-order valence-electron chi connectivity index (χ4n) is 3.87. The van der Waals surface area contributed by atoms with E-state index in [2.05, 4.69) is 22.1 Å². The van der Waals surface area contributed by atoms with Crippen LogP contribution in [0.3, 0.4) is 0 Å². The largest absolute Gasteiger partial charge is 0.356 e. The molecule has 0 aromatic rings. The van der Waals surface area contributed by atoms with E-state index in [9.17, 15) is 8.42 Å². The molecule has 2 rings (SSSR count). The highest BCUT2D eigenvalue weighted by Crippen LogP contribution is 2.30. The SMILES string of the molecule is CN=C(NCCC1CCCC(C)C1)N1CCS(=O)(=O)C(C)(C)C1. The molecule has 1 heterocycles. The molecule has 1 aliphatic carbocycles. The number of nitrogens with one attached hydrogen (secondary N) is 1. The number of rotatable bonds is 3. The van der Waals surface area contributed by atoms with Gasteiger partial charge in [-0.3, -0.25) is 4.99 Å². The fraction of sp³-hybridized carbons (Fsp3) is 0.941.